The van der Waals surface area contributed by atoms with E-state index in [-0.39, 0.29) is 5.69 Å². The van der Waals surface area contributed by atoms with Gasteiger partial charge in [-0.25, -0.2) is 0 Å². The number of hydrogen-bond acceptors (Lipinski definition) is 3. The Hall–Kier alpha value is -1.58. The fourth-order valence-electron chi connectivity index (χ4n) is 1.08. The Kier molecular flexibility index (Phi) is 2.84. The molecule has 1 aromatic carbocycles. The molecule has 70 valence electrons. The number of nitro groups is 1. The second-order valence-corrected chi connectivity index (χ2v) is 2.69. The third kappa shape index (κ3) is 2.43. The number of aryl methyl sites for hydroxylation is 1. The Balaban J connectivity index is 3.03. The minimum Gasteiger partial charge on any atom is -0.494 e. The molecule has 0 aliphatic heterocycles. The summed E-state index contributed by atoms with van der Waals surface area (Å²) >= 11 is 0. The highest BCUT2D eigenvalue weighted by Crippen LogP contribution is 2.21. The molecule has 0 saturated carbocycles. The summed E-state index contributed by atoms with van der Waals surface area (Å²) in [4.78, 5) is 10.0. The van der Waals surface area contributed by atoms with Gasteiger partial charge in [0.15, 0.2) is 0 Å². The first kappa shape index (κ1) is 9.51. The van der Waals surface area contributed by atoms with E-state index in [1.165, 1.54) is 12.1 Å². The van der Waals surface area contributed by atoms with Crippen LogP contribution < -0.4 is 4.74 Å². The van der Waals surface area contributed by atoms with Crippen LogP contribution in [-0.4, -0.2) is 11.5 Å². The van der Waals surface area contributed by atoms with Gasteiger partial charge in [0.05, 0.1) is 17.6 Å². The summed E-state index contributed by atoms with van der Waals surface area (Å²) in [6, 6.07) is 4.72. The largest absolute Gasteiger partial charge is 0.494 e. The minimum atomic E-state index is -0.421. The van der Waals surface area contributed by atoms with Crippen molar-refractivity contribution in [3.05, 3.63) is 33.9 Å². The highest BCUT2D eigenvalue weighted by molar-refractivity contribution is 5.42. The average molecular weight is 181 g/mol. The Bertz CT molecular complexity index is 323. The molecule has 13 heavy (non-hydrogen) atoms. The molecule has 0 aromatic heterocycles. The highest BCUT2D eigenvalue weighted by atomic mass is 16.6. The quantitative estimate of drug-likeness (QED) is 0.531. The molecule has 0 radical (unpaired) electrons. The summed E-state index contributed by atoms with van der Waals surface area (Å²) in [6.45, 7) is 4.16. The molecule has 0 spiro atoms. The Morgan fingerprint density at radius 1 is 1.46 bits per heavy atom. The van der Waals surface area contributed by atoms with E-state index < -0.39 is 4.92 Å². The van der Waals surface area contributed by atoms with Crippen LogP contribution >= 0.6 is 0 Å². The fourth-order valence-corrected chi connectivity index (χ4v) is 1.08. The molecule has 0 fully saturated rings. The number of rotatable bonds is 3. The lowest BCUT2D eigenvalue weighted by atomic mass is 10.2. The van der Waals surface area contributed by atoms with Gasteiger partial charge < -0.3 is 4.74 Å². The molecule has 0 atom stereocenters. The smallest absolute Gasteiger partial charge is 0.273 e. The molecule has 0 aliphatic rings. The SMILES string of the molecule is CCOc1cc(C)cc([N+](=O)[O-])c1. The standard InChI is InChI=1S/C9H11NO3/c1-3-13-9-5-7(2)4-8(6-9)10(11)12/h4-6H,3H2,1-2H3. The van der Waals surface area contributed by atoms with Gasteiger partial charge >= 0.3 is 0 Å². The van der Waals surface area contributed by atoms with Crippen LogP contribution in [0.5, 0.6) is 5.75 Å². The predicted octanol–water partition coefficient (Wildman–Crippen LogP) is 2.30. The predicted molar refractivity (Wildman–Crippen MR) is 49.0 cm³/mol. The van der Waals surface area contributed by atoms with Crippen LogP contribution in [0.3, 0.4) is 0 Å². The van der Waals surface area contributed by atoms with E-state index >= 15 is 0 Å². The lowest BCUT2D eigenvalue weighted by Gasteiger charge is -2.03. The van der Waals surface area contributed by atoms with Crippen molar-refractivity contribution >= 4 is 5.69 Å². The van der Waals surface area contributed by atoms with E-state index in [1.54, 1.807) is 13.0 Å². The summed E-state index contributed by atoms with van der Waals surface area (Å²) in [6.07, 6.45) is 0. The maximum atomic E-state index is 10.5. The van der Waals surface area contributed by atoms with Crippen molar-refractivity contribution < 1.29 is 9.66 Å². The summed E-state index contributed by atoms with van der Waals surface area (Å²) in [5.41, 5.74) is 0.904. The van der Waals surface area contributed by atoms with Gasteiger partial charge in [-0.2, -0.15) is 0 Å². The second kappa shape index (κ2) is 3.89. The number of ether oxygens (including phenoxy) is 1. The topological polar surface area (TPSA) is 52.4 Å². The van der Waals surface area contributed by atoms with Crippen molar-refractivity contribution in [1.82, 2.24) is 0 Å². The minimum absolute atomic E-state index is 0.0726. The Morgan fingerprint density at radius 3 is 2.69 bits per heavy atom. The first-order valence-corrected chi connectivity index (χ1v) is 4.02. The Morgan fingerprint density at radius 2 is 2.15 bits per heavy atom. The summed E-state index contributed by atoms with van der Waals surface area (Å²) in [7, 11) is 0. The van der Waals surface area contributed by atoms with Crippen molar-refractivity contribution in [3.63, 3.8) is 0 Å². The summed E-state index contributed by atoms with van der Waals surface area (Å²) < 4.78 is 5.17. The normalized spacial score (nSPS) is 9.69. The van der Waals surface area contributed by atoms with E-state index in [2.05, 4.69) is 0 Å². The number of non-ortho nitro benzene ring substituents is 1. The van der Waals surface area contributed by atoms with Crippen LogP contribution in [0.15, 0.2) is 18.2 Å². The van der Waals surface area contributed by atoms with Gasteiger partial charge in [-0.05, 0) is 25.5 Å². The molecule has 0 N–H and O–H groups in total. The molecule has 4 nitrogen and oxygen atoms in total. The molecular weight excluding hydrogens is 170 g/mol. The van der Waals surface area contributed by atoms with Crippen LogP contribution in [-0.2, 0) is 0 Å². The molecule has 0 saturated heterocycles. The van der Waals surface area contributed by atoms with Crippen molar-refractivity contribution in [2.24, 2.45) is 0 Å². The fraction of sp³-hybridized carbons (Fsp3) is 0.333. The van der Waals surface area contributed by atoms with Crippen LogP contribution in [0, 0.1) is 17.0 Å². The van der Waals surface area contributed by atoms with Gasteiger partial charge in [-0.1, -0.05) is 0 Å². The van der Waals surface area contributed by atoms with Gasteiger partial charge in [-0.15, -0.1) is 0 Å². The van der Waals surface area contributed by atoms with Gasteiger partial charge in [-0.3, -0.25) is 10.1 Å². The maximum absolute atomic E-state index is 10.5. The van der Waals surface area contributed by atoms with E-state index in [9.17, 15) is 10.1 Å². The van der Waals surface area contributed by atoms with E-state index in [0.29, 0.717) is 12.4 Å². The van der Waals surface area contributed by atoms with Crippen molar-refractivity contribution in [2.45, 2.75) is 13.8 Å². The van der Waals surface area contributed by atoms with Gasteiger partial charge in [0.25, 0.3) is 5.69 Å². The zero-order valence-corrected chi connectivity index (χ0v) is 7.61. The second-order valence-electron chi connectivity index (χ2n) is 2.69. The van der Waals surface area contributed by atoms with Crippen LogP contribution in [0.2, 0.25) is 0 Å². The Labute approximate surface area is 76.3 Å². The number of nitro benzene ring substituents is 1. The van der Waals surface area contributed by atoms with Crippen molar-refractivity contribution in [2.75, 3.05) is 6.61 Å². The average Bonchev–Trinajstić information content (AvgIpc) is 2.03. The number of hydrogen-bond donors (Lipinski definition) is 0. The molecule has 0 amide bonds. The summed E-state index contributed by atoms with van der Waals surface area (Å²) in [5, 5.41) is 10.5. The zero-order valence-electron chi connectivity index (χ0n) is 7.61. The number of benzene rings is 1. The van der Waals surface area contributed by atoms with Crippen LogP contribution in [0.25, 0.3) is 0 Å². The van der Waals surface area contributed by atoms with E-state index in [1.807, 2.05) is 6.92 Å². The van der Waals surface area contributed by atoms with E-state index in [0.717, 1.165) is 5.56 Å². The van der Waals surface area contributed by atoms with Crippen molar-refractivity contribution in [1.29, 1.82) is 0 Å². The lowest BCUT2D eigenvalue weighted by molar-refractivity contribution is -0.385. The molecule has 1 rings (SSSR count). The lowest BCUT2D eigenvalue weighted by Crippen LogP contribution is -1.94. The molecule has 1 aromatic rings. The third-order valence-electron chi connectivity index (χ3n) is 1.56. The third-order valence-corrected chi connectivity index (χ3v) is 1.56. The maximum Gasteiger partial charge on any atom is 0.273 e. The first-order chi connectivity index (χ1) is 6.13. The molecule has 0 aliphatic carbocycles. The molecule has 0 heterocycles. The van der Waals surface area contributed by atoms with Crippen LogP contribution in [0.4, 0.5) is 5.69 Å². The van der Waals surface area contributed by atoms with Crippen LogP contribution in [0.1, 0.15) is 12.5 Å². The molecule has 0 bridgehead atoms. The summed E-state index contributed by atoms with van der Waals surface area (Å²) in [5.74, 6) is 0.550. The van der Waals surface area contributed by atoms with Gasteiger partial charge in [0.1, 0.15) is 5.75 Å². The molecular formula is C9H11NO3. The van der Waals surface area contributed by atoms with E-state index in [4.69, 9.17) is 4.74 Å². The molecule has 0 unspecified atom stereocenters. The zero-order chi connectivity index (χ0) is 9.84. The highest BCUT2D eigenvalue weighted by Gasteiger charge is 2.07. The van der Waals surface area contributed by atoms with Gasteiger partial charge in [0.2, 0.25) is 0 Å². The monoisotopic (exact) mass is 181 g/mol. The number of nitrogens with zero attached hydrogens (tertiary/aromatic N) is 1. The first-order valence-electron chi connectivity index (χ1n) is 4.02. The molecule has 4 heteroatoms. The van der Waals surface area contributed by atoms with Gasteiger partial charge in [0, 0.05) is 6.07 Å². The van der Waals surface area contributed by atoms with Crippen molar-refractivity contribution in [3.8, 4) is 5.75 Å².